The van der Waals surface area contributed by atoms with Crippen LogP contribution in [0.4, 0.5) is 0 Å². The van der Waals surface area contributed by atoms with Crippen molar-refractivity contribution in [2.24, 2.45) is 0 Å². The second kappa shape index (κ2) is 4.15. The molecule has 0 saturated carbocycles. The van der Waals surface area contributed by atoms with E-state index in [1.165, 1.54) is 0 Å². The molecular formula is C14H18O3. The molecule has 1 atom stereocenters. The highest BCUT2D eigenvalue weighted by Gasteiger charge is 2.53. The van der Waals surface area contributed by atoms with Crippen molar-refractivity contribution in [3.8, 4) is 0 Å². The lowest BCUT2D eigenvalue weighted by molar-refractivity contribution is -0.152. The van der Waals surface area contributed by atoms with E-state index in [1.54, 1.807) is 13.8 Å². The van der Waals surface area contributed by atoms with Crippen LogP contribution in [-0.2, 0) is 16.0 Å². The summed E-state index contributed by atoms with van der Waals surface area (Å²) in [6.07, 6.45) is 1.37. The summed E-state index contributed by atoms with van der Waals surface area (Å²) in [4.78, 5) is 11.3. The molecule has 1 unspecified atom stereocenters. The number of carbonyl (C=O) groups is 1. The second-order valence-corrected chi connectivity index (χ2v) is 5.18. The molecule has 0 aliphatic carbocycles. The number of hydrogen-bond acceptors (Lipinski definition) is 3. The van der Waals surface area contributed by atoms with E-state index >= 15 is 0 Å². The summed E-state index contributed by atoms with van der Waals surface area (Å²) in [5, 5.41) is 10.5. The van der Waals surface area contributed by atoms with E-state index in [9.17, 15) is 9.90 Å². The third kappa shape index (κ3) is 2.34. The Balaban J connectivity index is 2.06. The van der Waals surface area contributed by atoms with Gasteiger partial charge in [0.1, 0.15) is 11.2 Å². The van der Waals surface area contributed by atoms with Crippen molar-refractivity contribution in [3.05, 3.63) is 35.9 Å². The van der Waals surface area contributed by atoms with E-state index in [2.05, 4.69) is 0 Å². The molecule has 92 valence electrons. The predicted octanol–water partition coefficient (Wildman–Crippen LogP) is 2.08. The molecule has 1 N–H and O–H groups in total. The van der Waals surface area contributed by atoms with E-state index in [-0.39, 0.29) is 12.4 Å². The average molecular weight is 234 g/mol. The van der Waals surface area contributed by atoms with Crippen molar-refractivity contribution in [1.29, 1.82) is 0 Å². The van der Waals surface area contributed by atoms with Crippen LogP contribution in [0.3, 0.4) is 0 Å². The van der Waals surface area contributed by atoms with Crippen LogP contribution in [-0.4, -0.2) is 22.3 Å². The van der Waals surface area contributed by atoms with Gasteiger partial charge in [0, 0.05) is 0 Å². The van der Waals surface area contributed by atoms with Crippen LogP contribution in [0.5, 0.6) is 0 Å². The predicted molar refractivity (Wildman–Crippen MR) is 64.5 cm³/mol. The first-order chi connectivity index (χ1) is 7.93. The maximum absolute atomic E-state index is 11.3. The Kier molecular flexibility index (Phi) is 2.96. The number of ether oxygens (including phenoxy) is 1. The number of aliphatic hydroxyl groups is 1. The van der Waals surface area contributed by atoms with E-state index in [0.717, 1.165) is 12.0 Å². The lowest BCUT2D eigenvalue weighted by atomic mass is 9.81. The topological polar surface area (TPSA) is 46.5 Å². The molecule has 0 bridgehead atoms. The van der Waals surface area contributed by atoms with Crippen LogP contribution in [0.15, 0.2) is 30.3 Å². The summed E-state index contributed by atoms with van der Waals surface area (Å²) >= 11 is 0. The van der Waals surface area contributed by atoms with Crippen LogP contribution in [0, 0.1) is 0 Å². The molecule has 0 aromatic heterocycles. The Morgan fingerprint density at radius 3 is 2.47 bits per heavy atom. The first kappa shape index (κ1) is 12.1. The van der Waals surface area contributed by atoms with Gasteiger partial charge < -0.3 is 9.84 Å². The maximum Gasteiger partial charge on any atom is 0.309 e. The summed E-state index contributed by atoms with van der Waals surface area (Å²) in [5.41, 5.74) is -0.685. The van der Waals surface area contributed by atoms with Gasteiger partial charge in [0.2, 0.25) is 0 Å². The van der Waals surface area contributed by atoms with Gasteiger partial charge >= 0.3 is 5.97 Å². The molecule has 0 amide bonds. The number of rotatable bonds is 3. The minimum Gasteiger partial charge on any atom is -0.456 e. The zero-order valence-electron chi connectivity index (χ0n) is 10.3. The molecule has 1 aromatic carbocycles. The quantitative estimate of drug-likeness (QED) is 0.814. The van der Waals surface area contributed by atoms with Gasteiger partial charge in [-0.3, -0.25) is 4.79 Å². The molecule has 1 aliphatic rings. The van der Waals surface area contributed by atoms with E-state index in [0.29, 0.717) is 6.42 Å². The third-order valence-corrected chi connectivity index (χ3v) is 3.60. The van der Waals surface area contributed by atoms with Crippen molar-refractivity contribution in [3.63, 3.8) is 0 Å². The second-order valence-electron chi connectivity index (χ2n) is 5.18. The molecule has 17 heavy (non-hydrogen) atoms. The van der Waals surface area contributed by atoms with Gasteiger partial charge in [-0.15, -0.1) is 0 Å². The van der Waals surface area contributed by atoms with Gasteiger partial charge in [-0.2, -0.15) is 0 Å². The largest absolute Gasteiger partial charge is 0.456 e. The Labute approximate surface area is 101 Å². The van der Waals surface area contributed by atoms with Crippen molar-refractivity contribution in [1.82, 2.24) is 0 Å². The van der Waals surface area contributed by atoms with Crippen LogP contribution in [0.1, 0.15) is 32.3 Å². The summed E-state index contributed by atoms with van der Waals surface area (Å²) in [6, 6.07) is 9.95. The Morgan fingerprint density at radius 1 is 1.29 bits per heavy atom. The fraction of sp³-hybridized carbons (Fsp3) is 0.500. The van der Waals surface area contributed by atoms with Gasteiger partial charge in [0.05, 0.1) is 6.42 Å². The maximum atomic E-state index is 11.3. The molecule has 3 nitrogen and oxygen atoms in total. The lowest BCUT2D eigenvalue weighted by Crippen LogP contribution is -2.46. The number of carbonyl (C=O) groups excluding carboxylic acids is 1. The molecule has 1 fully saturated rings. The third-order valence-electron chi connectivity index (χ3n) is 3.60. The van der Waals surface area contributed by atoms with Crippen molar-refractivity contribution in [2.75, 3.05) is 0 Å². The minimum absolute atomic E-state index is 0.0901. The van der Waals surface area contributed by atoms with Gasteiger partial charge in [-0.1, -0.05) is 30.3 Å². The first-order valence-corrected chi connectivity index (χ1v) is 5.91. The van der Waals surface area contributed by atoms with Crippen molar-refractivity contribution >= 4 is 5.97 Å². The Bertz CT molecular complexity index is 411. The van der Waals surface area contributed by atoms with E-state index in [4.69, 9.17) is 4.74 Å². The monoisotopic (exact) mass is 234 g/mol. The molecule has 1 heterocycles. The number of cyclic esters (lactones) is 1. The van der Waals surface area contributed by atoms with Crippen LogP contribution >= 0.6 is 0 Å². The molecular weight excluding hydrogens is 216 g/mol. The molecule has 1 aliphatic heterocycles. The Morgan fingerprint density at radius 2 is 1.94 bits per heavy atom. The van der Waals surface area contributed by atoms with Gasteiger partial charge in [-0.05, 0) is 32.3 Å². The SMILES string of the molecule is CC1(C)OC(=O)CC1(O)CCc1ccccc1. The normalized spacial score (nSPS) is 26.9. The average Bonchev–Trinajstić information content (AvgIpc) is 2.46. The fourth-order valence-electron chi connectivity index (χ4n) is 2.25. The standard InChI is InChI=1S/C14H18O3/c1-13(2)14(16,10-12(15)17-13)9-8-11-6-4-3-5-7-11/h3-7,16H,8-10H2,1-2H3. The highest BCUT2D eigenvalue weighted by molar-refractivity contribution is 5.74. The molecule has 1 saturated heterocycles. The molecule has 0 spiro atoms. The Hall–Kier alpha value is -1.35. The van der Waals surface area contributed by atoms with E-state index in [1.807, 2.05) is 30.3 Å². The zero-order chi connectivity index (χ0) is 12.5. The van der Waals surface area contributed by atoms with Crippen molar-refractivity contribution < 1.29 is 14.6 Å². The minimum atomic E-state index is -1.06. The number of esters is 1. The summed E-state index contributed by atoms with van der Waals surface area (Å²) in [6.45, 7) is 3.53. The van der Waals surface area contributed by atoms with Gasteiger partial charge in [-0.25, -0.2) is 0 Å². The number of benzene rings is 1. The van der Waals surface area contributed by atoms with Crippen LogP contribution < -0.4 is 0 Å². The molecule has 2 rings (SSSR count). The van der Waals surface area contributed by atoms with Gasteiger partial charge in [0.25, 0.3) is 0 Å². The first-order valence-electron chi connectivity index (χ1n) is 5.91. The summed E-state index contributed by atoms with van der Waals surface area (Å²) < 4.78 is 5.16. The summed E-state index contributed by atoms with van der Waals surface area (Å²) in [7, 11) is 0. The highest BCUT2D eigenvalue weighted by Crippen LogP contribution is 2.39. The number of hydrogen-bond donors (Lipinski definition) is 1. The van der Waals surface area contributed by atoms with Crippen LogP contribution in [0.25, 0.3) is 0 Å². The summed E-state index contributed by atoms with van der Waals surface area (Å²) in [5.74, 6) is -0.314. The van der Waals surface area contributed by atoms with Crippen molar-refractivity contribution in [2.45, 2.75) is 44.3 Å². The van der Waals surface area contributed by atoms with Gasteiger partial charge in [0.15, 0.2) is 0 Å². The van der Waals surface area contributed by atoms with E-state index < -0.39 is 11.2 Å². The molecule has 1 aromatic rings. The number of aryl methyl sites for hydroxylation is 1. The van der Waals surface area contributed by atoms with Crippen LogP contribution in [0.2, 0.25) is 0 Å². The molecule has 0 radical (unpaired) electrons. The fourth-order valence-corrected chi connectivity index (χ4v) is 2.25. The zero-order valence-corrected chi connectivity index (χ0v) is 10.3. The lowest BCUT2D eigenvalue weighted by Gasteiger charge is -2.33. The molecule has 3 heteroatoms. The highest BCUT2D eigenvalue weighted by atomic mass is 16.6. The smallest absolute Gasteiger partial charge is 0.309 e.